The monoisotopic (exact) mass is 552 g/mol. The summed E-state index contributed by atoms with van der Waals surface area (Å²) in [5.74, 6) is -4.55. The molecule has 2 heterocycles. The fourth-order valence-corrected chi connectivity index (χ4v) is 5.22. The Balaban J connectivity index is 1.61. The summed E-state index contributed by atoms with van der Waals surface area (Å²) in [6.07, 6.45) is -6.33. The first-order chi connectivity index (χ1) is 18.0. The molecule has 0 aromatic heterocycles. The van der Waals surface area contributed by atoms with E-state index in [0.717, 1.165) is 0 Å². The van der Waals surface area contributed by atoms with E-state index in [1.807, 2.05) is 0 Å². The second kappa shape index (κ2) is 9.50. The van der Waals surface area contributed by atoms with E-state index >= 15 is 0 Å². The third-order valence-corrected chi connectivity index (χ3v) is 7.55. The van der Waals surface area contributed by atoms with Gasteiger partial charge < -0.3 is 16.0 Å². The van der Waals surface area contributed by atoms with E-state index in [-0.39, 0.29) is 31.7 Å². The third kappa shape index (κ3) is 5.42. The molecule has 9 nitrogen and oxygen atoms in total. The van der Waals surface area contributed by atoms with E-state index in [1.165, 1.54) is 25.7 Å². The topological polar surface area (TPSA) is 112 Å². The van der Waals surface area contributed by atoms with Crippen molar-refractivity contribution < 1.29 is 36.7 Å². The van der Waals surface area contributed by atoms with Gasteiger partial charge in [0, 0.05) is 18.7 Å². The highest BCUT2D eigenvalue weighted by atomic mass is 19.4. The highest BCUT2D eigenvalue weighted by Crippen LogP contribution is 2.48. The Morgan fingerprint density at radius 3 is 2.38 bits per heavy atom. The van der Waals surface area contributed by atoms with Crippen molar-refractivity contribution >= 4 is 29.3 Å². The number of carbonyl (C=O) groups excluding carboxylic acids is 4. The van der Waals surface area contributed by atoms with Gasteiger partial charge in [-0.05, 0) is 29.9 Å². The van der Waals surface area contributed by atoms with E-state index in [2.05, 4.69) is 15.5 Å². The second-order valence-electron chi connectivity index (χ2n) is 11.6. The summed E-state index contributed by atoms with van der Waals surface area (Å²) in [6.45, 7) is 9.76. The van der Waals surface area contributed by atoms with Crippen molar-refractivity contribution in [3.63, 3.8) is 0 Å². The highest BCUT2D eigenvalue weighted by Gasteiger charge is 2.61. The minimum absolute atomic E-state index is 0.0474. The van der Waals surface area contributed by atoms with Crippen LogP contribution in [0.5, 0.6) is 0 Å². The zero-order valence-corrected chi connectivity index (χ0v) is 21.7. The Morgan fingerprint density at radius 1 is 1.18 bits per heavy atom. The summed E-state index contributed by atoms with van der Waals surface area (Å²) < 4.78 is 53.8. The average molecular weight is 553 g/mol. The number of rotatable bonds is 6. The van der Waals surface area contributed by atoms with E-state index in [9.17, 15) is 36.7 Å². The molecule has 2 fully saturated rings. The Morgan fingerprint density at radius 2 is 1.82 bits per heavy atom. The lowest BCUT2D eigenvalue weighted by Crippen LogP contribution is -2.60. The largest absolute Gasteiger partial charge is 0.471 e. The lowest BCUT2D eigenvalue weighted by molar-refractivity contribution is -0.175. The molecule has 210 valence electrons. The van der Waals surface area contributed by atoms with E-state index in [0.29, 0.717) is 11.3 Å². The van der Waals surface area contributed by atoms with Crippen molar-refractivity contribution in [2.24, 2.45) is 5.41 Å². The standard InChI is InChI=1S/C26H29F4N5O4/c1-23(2,3)18(34-22(39)26(28,29)30)19(36)32-16(11-24(27)9-10-24)20(37)35-13-25(12-17(35)31-4)14-7-5-6-8-15(14)33-21(25)38/h4-8,16-18H,9-13H2,1-3H3,(H2-,32,33,34,36,38,39)/p+1/t16?,17-,18+,25-/m0/s1. The highest BCUT2D eigenvalue weighted by molar-refractivity contribution is 6.07. The van der Waals surface area contributed by atoms with Crippen molar-refractivity contribution in [3.05, 3.63) is 34.7 Å². The number of anilines is 1. The van der Waals surface area contributed by atoms with Crippen LogP contribution in [0.2, 0.25) is 0 Å². The SMILES string of the molecule is C#[N+][C@@H]1C[C@@]2(CN1C(=O)C(CC1(F)CC1)NC(=O)[C@@H](NC(=O)C(F)(F)F)C(C)(C)C)C(=O)Nc1ccccc12. The molecule has 1 aromatic carbocycles. The van der Waals surface area contributed by atoms with Crippen LogP contribution >= 0.6 is 0 Å². The average Bonchev–Trinajstić information content (AvgIpc) is 3.33. The zero-order valence-electron chi connectivity index (χ0n) is 21.7. The summed E-state index contributed by atoms with van der Waals surface area (Å²) >= 11 is 0. The van der Waals surface area contributed by atoms with E-state index < -0.39 is 65.1 Å². The van der Waals surface area contributed by atoms with Gasteiger partial charge in [-0.15, -0.1) is 0 Å². The fraction of sp³-hybridized carbons (Fsp3) is 0.577. The Kier molecular flexibility index (Phi) is 6.90. The zero-order chi connectivity index (χ0) is 29.0. The van der Waals surface area contributed by atoms with Crippen LogP contribution < -0.4 is 16.0 Å². The predicted octanol–water partition coefficient (Wildman–Crippen LogP) is 2.87. The molecule has 2 aliphatic heterocycles. The molecule has 1 saturated carbocycles. The number of benzene rings is 1. The molecule has 4 atom stereocenters. The van der Waals surface area contributed by atoms with Gasteiger partial charge in [-0.2, -0.15) is 13.2 Å². The van der Waals surface area contributed by atoms with E-state index in [4.69, 9.17) is 6.57 Å². The van der Waals surface area contributed by atoms with Gasteiger partial charge in [-0.3, -0.25) is 24.1 Å². The lowest BCUT2D eigenvalue weighted by Gasteiger charge is -2.33. The fourth-order valence-electron chi connectivity index (χ4n) is 5.22. The maximum Gasteiger partial charge on any atom is 0.471 e. The molecular weight excluding hydrogens is 522 g/mol. The number of carbonyl (C=O) groups is 4. The van der Waals surface area contributed by atoms with Gasteiger partial charge in [0.2, 0.25) is 11.8 Å². The van der Waals surface area contributed by atoms with E-state index in [1.54, 1.807) is 29.6 Å². The summed E-state index contributed by atoms with van der Waals surface area (Å²) in [5.41, 5.74) is -2.89. The van der Waals surface area contributed by atoms with Gasteiger partial charge in [-0.25, -0.2) is 4.39 Å². The van der Waals surface area contributed by atoms with Gasteiger partial charge in [-0.1, -0.05) is 43.8 Å². The van der Waals surface area contributed by atoms with Crippen LogP contribution in [-0.2, 0) is 24.6 Å². The summed E-state index contributed by atoms with van der Waals surface area (Å²) in [4.78, 5) is 56.7. The Bertz CT molecular complexity index is 1250. The molecule has 3 N–H and O–H groups in total. The molecule has 13 heteroatoms. The number of halogens is 4. The van der Waals surface area contributed by atoms with Gasteiger partial charge in [0.1, 0.15) is 23.2 Å². The molecule has 1 spiro atoms. The molecule has 39 heavy (non-hydrogen) atoms. The first-order valence-electron chi connectivity index (χ1n) is 12.5. The summed E-state index contributed by atoms with van der Waals surface area (Å²) in [5, 5.41) is 6.84. The van der Waals surface area contributed by atoms with Crippen molar-refractivity contribution in [1.29, 1.82) is 0 Å². The number of nitrogens with one attached hydrogen (secondary N) is 3. The predicted molar refractivity (Wildman–Crippen MR) is 132 cm³/mol. The number of likely N-dealkylation sites (tertiary alicyclic amines) is 1. The molecule has 1 saturated heterocycles. The number of para-hydroxylation sites is 1. The number of hydrogen-bond donors (Lipinski definition) is 3. The lowest BCUT2D eigenvalue weighted by atomic mass is 9.80. The van der Waals surface area contributed by atoms with Crippen LogP contribution in [0.25, 0.3) is 4.85 Å². The van der Waals surface area contributed by atoms with Crippen LogP contribution in [0.3, 0.4) is 0 Å². The Labute approximate surface area is 222 Å². The summed E-state index contributed by atoms with van der Waals surface area (Å²) in [6, 6.07) is 3.75. The van der Waals surface area contributed by atoms with Crippen molar-refractivity contribution in [2.45, 2.75) is 82.0 Å². The van der Waals surface area contributed by atoms with Crippen LogP contribution in [0.1, 0.15) is 52.0 Å². The minimum Gasteiger partial charge on any atom is -0.342 e. The van der Waals surface area contributed by atoms with Crippen molar-refractivity contribution in [1.82, 2.24) is 15.5 Å². The third-order valence-electron chi connectivity index (χ3n) is 7.55. The summed E-state index contributed by atoms with van der Waals surface area (Å²) in [7, 11) is 0. The number of hydrogen-bond acceptors (Lipinski definition) is 4. The maximum absolute atomic E-state index is 14.9. The van der Waals surface area contributed by atoms with Crippen LogP contribution in [-0.4, -0.2) is 65.2 Å². The van der Waals surface area contributed by atoms with Gasteiger partial charge >= 0.3 is 18.2 Å². The van der Waals surface area contributed by atoms with Crippen LogP contribution in [0.4, 0.5) is 23.2 Å². The van der Waals surface area contributed by atoms with Crippen LogP contribution in [0, 0.1) is 12.0 Å². The van der Waals surface area contributed by atoms with Crippen LogP contribution in [0.15, 0.2) is 24.3 Å². The van der Waals surface area contributed by atoms with Gasteiger partial charge in [0.05, 0.1) is 6.42 Å². The smallest absolute Gasteiger partial charge is 0.342 e. The molecule has 0 radical (unpaired) electrons. The number of nitrogens with zero attached hydrogens (tertiary/aromatic N) is 2. The first kappa shape index (κ1) is 28.3. The molecular formula is C26H30F4N5O4+. The molecule has 1 aliphatic carbocycles. The first-order valence-corrected chi connectivity index (χ1v) is 12.5. The Hall–Kier alpha value is -3.69. The number of fused-ring (bicyclic) bond motifs is 2. The molecule has 0 bridgehead atoms. The maximum atomic E-state index is 14.9. The van der Waals surface area contributed by atoms with Crippen molar-refractivity contribution in [2.75, 3.05) is 11.9 Å². The van der Waals surface area contributed by atoms with Gasteiger partial charge in [0.25, 0.3) is 12.5 Å². The van der Waals surface area contributed by atoms with Gasteiger partial charge in [0.15, 0.2) is 0 Å². The number of alkyl halides is 4. The quantitative estimate of drug-likeness (QED) is 0.472. The molecule has 1 aromatic rings. The van der Waals surface area contributed by atoms with Crippen molar-refractivity contribution in [3.8, 4) is 6.57 Å². The normalized spacial score (nSPS) is 24.8. The number of amides is 4. The molecule has 4 amide bonds. The minimum atomic E-state index is -5.24. The molecule has 4 rings (SSSR count). The molecule has 1 unspecified atom stereocenters. The second-order valence-corrected chi connectivity index (χ2v) is 11.6. The molecule has 3 aliphatic rings.